The van der Waals surface area contributed by atoms with Crippen molar-refractivity contribution in [3.8, 4) is 0 Å². The second-order valence-electron chi connectivity index (χ2n) is 5.18. The Morgan fingerprint density at radius 2 is 2.16 bits per heavy atom. The molecule has 4 heteroatoms. The highest BCUT2D eigenvalue weighted by Gasteiger charge is 2.21. The Morgan fingerprint density at radius 3 is 2.74 bits per heavy atom. The van der Waals surface area contributed by atoms with E-state index < -0.39 is 0 Å². The second kappa shape index (κ2) is 6.57. The van der Waals surface area contributed by atoms with Gasteiger partial charge in [-0.05, 0) is 30.7 Å². The molecule has 0 saturated carbocycles. The minimum atomic E-state index is 0.281. The topological polar surface area (TPSA) is 43.8 Å². The van der Waals surface area contributed by atoms with Gasteiger partial charge in [0.15, 0.2) is 0 Å². The Hall–Kier alpha value is -1.55. The highest BCUT2D eigenvalue weighted by Crippen LogP contribution is 2.25. The molecule has 0 radical (unpaired) electrons. The monoisotopic (exact) mass is 262 g/mol. The number of rotatable bonds is 6. The van der Waals surface area contributed by atoms with E-state index in [1.54, 1.807) is 0 Å². The molecule has 2 rings (SSSR count). The van der Waals surface area contributed by atoms with Crippen LogP contribution < -0.4 is 9.80 Å². The number of carbonyl (C=O) groups is 1. The summed E-state index contributed by atoms with van der Waals surface area (Å²) in [4.78, 5) is 14.8. The molecule has 1 heterocycles. The first-order valence-corrected chi connectivity index (χ1v) is 6.85. The largest absolute Gasteiger partial charge is 0.396 e. The number of aliphatic hydroxyl groups excluding tert-OH is 1. The van der Waals surface area contributed by atoms with Gasteiger partial charge in [-0.25, -0.2) is 0 Å². The van der Waals surface area contributed by atoms with Crippen LogP contribution >= 0.6 is 0 Å². The van der Waals surface area contributed by atoms with Gasteiger partial charge < -0.3 is 19.7 Å². The minimum absolute atomic E-state index is 0.281. The summed E-state index contributed by atoms with van der Waals surface area (Å²) >= 11 is 0. The second-order valence-corrected chi connectivity index (χ2v) is 5.18. The lowest BCUT2D eigenvalue weighted by Crippen LogP contribution is -2.21. The maximum absolute atomic E-state index is 10.4. The average molecular weight is 262 g/mol. The summed E-state index contributed by atoms with van der Waals surface area (Å²) in [7, 11) is 2.00. The zero-order valence-electron chi connectivity index (χ0n) is 11.5. The normalized spacial score (nSPS) is 18.6. The molecule has 1 aliphatic rings. The van der Waals surface area contributed by atoms with Gasteiger partial charge in [-0.2, -0.15) is 0 Å². The lowest BCUT2D eigenvalue weighted by atomic mass is 10.1. The van der Waals surface area contributed by atoms with E-state index in [4.69, 9.17) is 5.11 Å². The molecule has 1 aliphatic heterocycles. The van der Waals surface area contributed by atoms with Gasteiger partial charge in [0.2, 0.25) is 0 Å². The summed E-state index contributed by atoms with van der Waals surface area (Å²) in [6.07, 6.45) is 2.57. The lowest BCUT2D eigenvalue weighted by molar-refractivity contribution is -0.107. The van der Waals surface area contributed by atoms with Crippen LogP contribution in [0.1, 0.15) is 12.8 Å². The molecule has 19 heavy (non-hydrogen) atoms. The lowest BCUT2D eigenvalue weighted by Gasteiger charge is -2.21. The Kier molecular flexibility index (Phi) is 4.80. The van der Waals surface area contributed by atoms with Gasteiger partial charge in [0.1, 0.15) is 6.29 Å². The van der Waals surface area contributed by atoms with Crippen molar-refractivity contribution in [1.29, 1.82) is 0 Å². The zero-order chi connectivity index (χ0) is 13.7. The van der Waals surface area contributed by atoms with Crippen LogP contribution in [0.2, 0.25) is 0 Å². The fraction of sp³-hybridized carbons (Fsp3) is 0.533. The molecule has 4 nitrogen and oxygen atoms in total. The quantitative estimate of drug-likeness (QED) is 0.790. The molecule has 1 aromatic rings. The first-order chi connectivity index (χ1) is 9.24. The molecule has 0 aliphatic carbocycles. The van der Waals surface area contributed by atoms with Gasteiger partial charge >= 0.3 is 0 Å². The van der Waals surface area contributed by atoms with Gasteiger partial charge in [0.25, 0.3) is 0 Å². The highest BCUT2D eigenvalue weighted by molar-refractivity contribution is 5.57. The van der Waals surface area contributed by atoms with E-state index in [9.17, 15) is 4.79 Å². The van der Waals surface area contributed by atoms with E-state index in [1.165, 1.54) is 5.69 Å². The molecule has 1 N–H and O–H groups in total. The summed E-state index contributed by atoms with van der Waals surface area (Å²) in [5.41, 5.74) is 2.34. The minimum Gasteiger partial charge on any atom is -0.396 e. The van der Waals surface area contributed by atoms with Crippen LogP contribution in [0.5, 0.6) is 0 Å². The number of nitrogens with zero attached hydrogens (tertiary/aromatic N) is 2. The van der Waals surface area contributed by atoms with Crippen LogP contribution in [0.3, 0.4) is 0 Å². The molecule has 1 fully saturated rings. The Bertz CT molecular complexity index is 405. The third-order valence-electron chi connectivity index (χ3n) is 3.78. The molecule has 104 valence electrons. The SMILES string of the molecule is CN(CCC=O)c1ccc(N2CCC(CO)C2)cc1. The molecule has 0 amide bonds. The molecule has 1 aromatic carbocycles. The van der Waals surface area contributed by atoms with Gasteiger partial charge in [-0.3, -0.25) is 0 Å². The van der Waals surface area contributed by atoms with Gasteiger partial charge in [0.05, 0.1) is 0 Å². The number of aldehydes is 1. The van der Waals surface area contributed by atoms with E-state index in [1.807, 2.05) is 7.05 Å². The number of aliphatic hydroxyl groups is 1. The predicted octanol–water partition coefficient (Wildman–Crippen LogP) is 1.53. The first kappa shape index (κ1) is 13.9. The van der Waals surface area contributed by atoms with Crippen LogP contribution in [0.4, 0.5) is 11.4 Å². The van der Waals surface area contributed by atoms with Crippen molar-refractivity contribution in [2.45, 2.75) is 12.8 Å². The molecular weight excluding hydrogens is 240 g/mol. The maximum Gasteiger partial charge on any atom is 0.121 e. The first-order valence-electron chi connectivity index (χ1n) is 6.85. The summed E-state index contributed by atoms with van der Waals surface area (Å²) in [6.45, 7) is 2.99. The standard InChI is InChI=1S/C15H22N2O2/c1-16(8-2-10-18)14-3-5-15(6-4-14)17-9-7-13(11-17)12-19/h3-6,10,13,19H,2,7-9,11-12H2,1H3. The number of hydrogen-bond acceptors (Lipinski definition) is 4. The van der Waals surface area contributed by atoms with Crippen LogP contribution in [0.25, 0.3) is 0 Å². The third kappa shape index (κ3) is 3.47. The Balaban J connectivity index is 1.96. The van der Waals surface area contributed by atoms with Crippen molar-refractivity contribution in [3.05, 3.63) is 24.3 Å². The summed E-state index contributed by atoms with van der Waals surface area (Å²) in [5.74, 6) is 0.412. The highest BCUT2D eigenvalue weighted by atomic mass is 16.3. The fourth-order valence-corrected chi connectivity index (χ4v) is 2.51. The predicted molar refractivity (Wildman–Crippen MR) is 77.8 cm³/mol. The number of benzene rings is 1. The summed E-state index contributed by atoms with van der Waals surface area (Å²) in [5, 5.41) is 9.17. The smallest absolute Gasteiger partial charge is 0.121 e. The summed E-state index contributed by atoms with van der Waals surface area (Å²) in [6, 6.07) is 8.41. The summed E-state index contributed by atoms with van der Waals surface area (Å²) < 4.78 is 0. The van der Waals surface area contributed by atoms with Crippen LogP contribution in [0, 0.1) is 5.92 Å². The van der Waals surface area contributed by atoms with Crippen LogP contribution in [-0.2, 0) is 4.79 Å². The van der Waals surface area contributed by atoms with Crippen molar-refractivity contribution < 1.29 is 9.90 Å². The van der Waals surface area contributed by atoms with Crippen molar-refractivity contribution in [2.75, 3.05) is 43.1 Å². The Morgan fingerprint density at radius 1 is 1.42 bits per heavy atom. The number of anilines is 2. The molecular formula is C15H22N2O2. The van der Waals surface area contributed by atoms with Gasteiger partial charge in [0, 0.05) is 57.0 Å². The van der Waals surface area contributed by atoms with Crippen LogP contribution in [0.15, 0.2) is 24.3 Å². The van der Waals surface area contributed by atoms with E-state index in [2.05, 4.69) is 34.1 Å². The van der Waals surface area contributed by atoms with Crippen molar-refractivity contribution >= 4 is 17.7 Å². The van der Waals surface area contributed by atoms with Crippen LogP contribution in [-0.4, -0.2) is 44.7 Å². The molecule has 1 atom stereocenters. The van der Waals surface area contributed by atoms with Crippen molar-refractivity contribution in [3.63, 3.8) is 0 Å². The number of carbonyl (C=O) groups excluding carboxylic acids is 1. The van der Waals surface area contributed by atoms with E-state index in [0.717, 1.165) is 38.0 Å². The van der Waals surface area contributed by atoms with Crippen molar-refractivity contribution in [1.82, 2.24) is 0 Å². The van der Waals surface area contributed by atoms with E-state index in [-0.39, 0.29) is 6.61 Å². The molecule has 0 bridgehead atoms. The molecule has 1 unspecified atom stereocenters. The van der Waals surface area contributed by atoms with Gasteiger partial charge in [-0.15, -0.1) is 0 Å². The Labute approximate surface area is 114 Å². The maximum atomic E-state index is 10.4. The van der Waals surface area contributed by atoms with Crippen molar-refractivity contribution in [2.24, 2.45) is 5.92 Å². The average Bonchev–Trinajstić information content (AvgIpc) is 2.94. The molecule has 1 saturated heterocycles. The third-order valence-corrected chi connectivity index (χ3v) is 3.78. The molecule has 0 spiro atoms. The van der Waals surface area contributed by atoms with Gasteiger partial charge in [-0.1, -0.05) is 0 Å². The fourth-order valence-electron chi connectivity index (χ4n) is 2.51. The van der Waals surface area contributed by atoms with E-state index in [0.29, 0.717) is 12.3 Å². The number of hydrogen-bond donors (Lipinski definition) is 1. The zero-order valence-corrected chi connectivity index (χ0v) is 11.5. The van der Waals surface area contributed by atoms with E-state index >= 15 is 0 Å². The molecule has 0 aromatic heterocycles.